The molecule has 1 heterocycles. The van der Waals surface area contributed by atoms with E-state index in [1.807, 2.05) is 59.5 Å². The Hall–Kier alpha value is -4.38. The Bertz CT molecular complexity index is 1310. The minimum atomic E-state index is -0.381. The molecule has 0 bridgehead atoms. The molecular formula is C30H28N2O3. The zero-order valence-corrected chi connectivity index (χ0v) is 19.9. The van der Waals surface area contributed by atoms with Crippen molar-refractivity contribution in [2.75, 3.05) is 24.3 Å². The van der Waals surface area contributed by atoms with Gasteiger partial charge in [-0.25, -0.2) is 4.79 Å². The number of nitrogen functional groups attached to an aromatic ring is 1. The fraction of sp³-hybridized carbons (Fsp3) is 0.133. The predicted octanol–water partition coefficient (Wildman–Crippen LogP) is 6.16. The van der Waals surface area contributed by atoms with Gasteiger partial charge in [0.25, 0.3) is 5.91 Å². The van der Waals surface area contributed by atoms with Gasteiger partial charge in [-0.3, -0.25) is 4.79 Å². The van der Waals surface area contributed by atoms with Gasteiger partial charge in [0.15, 0.2) is 0 Å². The van der Waals surface area contributed by atoms with Crippen molar-refractivity contribution in [3.8, 4) is 0 Å². The van der Waals surface area contributed by atoms with Gasteiger partial charge < -0.3 is 15.4 Å². The summed E-state index contributed by atoms with van der Waals surface area (Å²) in [4.78, 5) is 27.2. The Morgan fingerprint density at radius 3 is 2.06 bits per heavy atom. The predicted molar refractivity (Wildman–Crippen MR) is 141 cm³/mol. The first-order valence-electron chi connectivity index (χ1n) is 11.5. The molecule has 0 spiro atoms. The Morgan fingerprint density at radius 1 is 0.800 bits per heavy atom. The SMILES string of the molecule is COC(=O)c1ccccc(C2=C(C)c3ccccc3N(C(=O)c3ccc(N)cc3)CC2)cccc1. The van der Waals surface area contributed by atoms with E-state index in [4.69, 9.17) is 10.5 Å². The van der Waals surface area contributed by atoms with Crippen LogP contribution < -0.4 is 10.6 Å². The third kappa shape index (κ3) is 5.25. The van der Waals surface area contributed by atoms with E-state index in [-0.39, 0.29) is 11.9 Å². The number of nitrogens with two attached hydrogens (primary N) is 1. The average molecular weight is 465 g/mol. The maximum absolute atomic E-state index is 13.5. The fourth-order valence-electron chi connectivity index (χ4n) is 4.28. The van der Waals surface area contributed by atoms with Crippen LogP contribution in [0.25, 0.3) is 11.1 Å². The van der Waals surface area contributed by atoms with Crippen LogP contribution in [0, 0.1) is 0 Å². The summed E-state index contributed by atoms with van der Waals surface area (Å²) in [7, 11) is 1.37. The van der Waals surface area contributed by atoms with Crippen molar-refractivity contribution in [1.29, 1.82) is 0 Å². The number of hydrogen-bond acceptors (Lipinski definition) is 4. The Labute approximate surface area is 205 Å². The van der Waals surface area contributed by atoms with Crippen LogP contribution in [-0.4, -0.2) is 25.5 Å². The molecule has 0 atom stereocenters. The summed E-state index contributed by atoms with van der Waals surface area (Å²) in [5.74, 6) is -0.431. The summed E-state index contributed by atoms with van der Waals surface area (Å²) in [6.45, 7) is 2.65. The molecule has 1 amide bonds. The van der Waals surface area contributed by atoms with E-state index in [0.29, 0.717) is 29.8 Å². The maximum Gasteiger partial charge on any atom is 0.337 e. The lowest BCUT2D eigenvalue weighted by Gasteiger charge is -2.23. The number of hydrogen-bond donors (Lipinski definition) is 1. The minimum absolute atomic E-state index is 0.0507. The van der Waals surface area contributed by atoms with Crippen molar-refractivity contribution in [3.05, 3.63) is 119 Å². The summed E-state index contributed by atoms with van der Waals surface area (Å²) in [5.41, 5.74) is 12.8. The summed E-state index contributed by atoms with van der Waals surface area (Å²) < 4.78 is 4.83. The van der Waals surface area contributed by atoms with Gasteiger partial charge in [-0.05, 0) is 72.5 Å². The number of para-hydroxylation sites is 1. The molecular weight excluding hydrogens is 436 g/mol. The third-order valence-corrected chi connectivity index (χ3v) is 6.13. The normalized spacial score (nSPS) is 12.8. The second-order valence-corrected chi connectivity index (χ2v) is 8.29. The van der Waals surface area contributed by atoms with Gasteiger partial charge in [0.2, 0.25) is 0 Å². The lowest BCUT2D eigenvalue weighted by Crippen LogP contribution is -2.32. The molecule has 0 aromatic heterocycles. The molecule has 176 valence electrons. The topological polar surface area (TPSA) is 72.6 Å². The van der Waals surface area contributed by atoms with Gasteiger partial charge in [-0.15, -0.1) is 0 Å². The summed E-state index contributed by atoms with van der Waals surface area (Å²) in [6, 6.07) is 30.0. The standard InChI is InChI=1S/C30H28N2O3/c1-21-26(22-9-3-5-11-24(30(34)35-2)12-6-4-10-22)19-20-32(28-14-8-7-13-27(21)28)29(33)23-15-17-25(31)18-16-23/h3-18H,19-20,31H2,1-2H3. The summed E-state index contributed by atoms with van der Waals surface area (Å²) >= 11 is 0. The first-order chi connectivity index (χ1) is 17.0. The van der Waals surface area contributed by atoms with Gasteiger partial charge in [-0.2, -0.15) is 0 Å². The molecule has 3 aromatic carbocycles. The van der Waals surface area contributed by atoms with Crippen LogP contribution >= 0.6 is 0 Å². The number of carbonyl (C=O) groups excluding carboxylic acids is 2. The van der Waals surface area contributed by atoms with Crippen LogP contribution in [0.15, 0.2) is 97.1 Å². The van der Waals surface area contributed by atoms with Crippen LogP contribution in [0.4, 0.5) is 11.4 Å². The van der Waals surface area contributed by atoms with Crippen LogP contribution in [0.3, 0.4) is 0 Å². The van der Waals surface area contributed by atoms with Gasteiger partial charge in [0, 0.05) is 23.4 Å². The van der Waals surface area contributed by atoms with Crippen LogP contribution in [0.1, 0.15) is 45.2 Å². The second-order valence-electron chi connectivity index (χ2n) is 8.29. The summed E-state index contributed by atoms with van der Waals surface area (Å²) in [5, 5.41) is 0. The molecule has 1 aliphatic rings. The van der Waals surface area contributed by atoms with Gasteiger partial charge in [0.1, 0.15) is 0 Å². The lowest BCUT2D eigenvalue weighted by atomic mass is 9.94. The minimum Gasteiger partial charge on any atom is -0.465 e. The molecule has 0 saturated carbocycles. The van der Waals surface area contributed by atoms with Gasteiger partial charge >= 0.3 is 5.97 Å². The van der Waals surface area contributed by atoms with Crippen molar-refractivity contribution in [3.63, 3.8) is 0 Å². The van der Waals surface area contributed by atoms with Crippen LogP contribution in [0.2, 0.25) is 0 Å². The maximum atomic E-state index is 13.5. The molecule has 4 rings (SSSR count). The monoisotopic (exact) mass is 464 g/mol. The quantitative estimate of drug-likeness (QED) is 0.372. The third-order valence-electron chi connectivity index (χ3n) is 6.13. The van der Waals surface area contributed by atoms with E-state index in [1.54, 1.807) is 36.4 Å². The molecule has 0 unspecified atom stereocenters. The molecule has 2 N–H and O–H groups in total. The Morgan fingerprint density at radius 2 is 1.40 bits per heavy atom. The molecule has 5 heteroatoms. The molecule has 35 heavy (non-hydrogen) atoms. The Balaban J connectivity index is 1.75. The molecule has 0 radical (unpaired) electrons. The van der Waals surface area contributed by atoms with Gasteiger partial charge in [-0.1, -0.05) is 54.6 Å². The number of amides is 1. The Kier molecular flexibility index (Phi) is 7.27. The van der Waals surface area contributed by atoms with E-state index >= 15 is 0 Å². The van der Waals surface area contributed by atoms with Crippen molar-refractivity contribution in [1.82, 2.24) is 0 Å². The zero-order chi connectivity index (χ0) is 24.8. The number of rotatable bonds is 3. The highest BCUT2D eigenvalue weighted by Gasteiger charge is 2.25. The largest absolute Gasteiger partial charge is 0.465 e. The van der Waals surface area contributed by atoms with E-state index in [1.165, 1.54) is 7.11 Å². The lowest BCUT2D eigenvalue weighted by molar-refractivity contribution is 0.0600. The summed E-state index contributed by atoms with van der Waals surface area (Å²) in [6.07, 6.45) is 0.693. The number of allylic oxidation sites excluding steroid dienone is 1. The second kappa shape index (κ2) is 10.7. The molecule has 0 fully saturated rings. The highest BCUT2D eigenvalue weighted by molar-refractivity contribution is 6.09. The number of methoxy groups -OCH3 is 1. The molecule has 5 nitrogen and oxygen atoms in total. The van der Waals surface area contributed by atoms with E-state index in [2.05, 4.69) is 13.0 Å². The average Bonchev–Trinajstić information content (AvgIpc) is 3.03. The van der Waals surface area contributed by atoms with Crippen molar-refractivity contribution in [2.24, 2.45) is 0 Å². The molecule has 0 saturated heterocycles. The highest BCUT2D eigenvalue weighted by Crippen LogP contribution is 2.38. The number of benzene rings is 2. The van der Waals surface area contributed by atoms with Crippen LogP contribution in [-0.2, 0) is 4.74 Å². The molecule has 3 aromatic rings. The fourth-order valence-corrected chi connectivity index (χ4v) is 4.28. The van der Waals surface area contributed by atoms with E-state index in [9.17, 15) is 9.59 Å². The molecule has 0 aliphatic carbocycles. The number of anilines is 2. The number of ether oxygens (including phenoxy) is 1. The smallest absolute Gasteiger partial charge is 0.337 e. The van der Waals surface area contributed by atoms with Gasteiger partial charge in [0.05, 0.1) is 18.4 Å². The first-order valence-corrected chi connectivity index (χ1v) is 11.5. The zero-order valence-electron chi connectivity index (χ0n) is 19.9. The molecule has 1 aliphatic heterocycles. The van der Waals surface area contributed by atoms with Crippen molar-refractivity contribution < 1.29 is 14.3 Å². The number of carbonyl (C=O) groups is 2. The van der Waals surface area contributed by atoms with Crippen LogP contribution in [0.5, 0.6) is 0 Å². The number of fused-ring (bicyclic) bond motifs is 1. The number of nitrogens with zero attached hydrogens (tertiary/aromatic N) is 1. The first kappa shape index (κ1) is 23.8. The van der Waals surface area contributed by atoms with E-state index < -0.39 is 0 Å². The van der Waals surface area contributed by atoms with Crippen molar-refractivity contribution in [2.45, 2.75) is 13.3 Å². The number of esters is 1. The highest BCUT2D eigenvalue weighted by atomic mass is 16.5. The van der Waals surface area contributed by atoms with Crippen molar-refractivity contribution >= 4 is 34.4 Å². The van der Waals surface area contributed by atoms with E-state index in [0.717, 1.165) is 28.0 Å².